The Balaban J connectivity index is 3.07. The van der Waals surface area contributed by atoms with E-state index < -0.39 is 0 Å². The number of carbonyl (C=O) groups excluding carboxylic acids is 1. The zero-order valence-corrected chi connectivity index (χ0v) is 15.2. The van der Waals surface area contributed by atoms with Crippen molar-refractivity contribution in [1.29, 1.82) is 0 Å². The highest BCUT2D eigenvalue weighted by molar-refractivity contribution is 7.99. The summed E-state index contributed by atoms with van der Waals surface area (Å²) < 4.78 is 0. The van der Waals surface area contributed by atoms with Crippen molar-refractivity contribution in [3.63, 3.8) is 0 Å². The van der Waals surface area contributed by atoms with Crippen LogP contribution in [0.4, 0.5) is 0 Å². The van der Waals surface area contributed by atoms with E-state index in [9.17, 15) is 4.79 Å². The molecule has 118 valence electrons. The predicted molar refractivity (Wildman–Crippen MR) is 93.4 cm³/mol. The van der Waals surface area contributed by atoms with E-state index in [0.29, 0.717) is 16.9 Å². The van der Waals surface area contributed by atoms with Gasteiger partial charge in [-0.3, -0.25) is 4.79 Å². The van der Waals surface area contributed by atoms with Gasteiger partial charge in [-0.15, -0.1) is 11.8 Å². The van der Waals surface area contributed by atoms with Crippen molar-refractivity contribution in [2.24, 2.45) is 11.8 Å². The Morgan fingerprint density at radius 3 is 2.24 bits per heavy atom. The molecule has 4 heteroatoms. The molecular weight excluding hydrogens is 302 g/mol. The summed E-state index contributed by atoms with van der Waals surface area (Å²) in [4.78, 5) is 15.8. The van der Waals surface area contributed by atoms with Gasteiger partial charge in [-0.25, -0.2) is 0 Å². The Bertz CT molecular complexity index is 464. The van der Waals surface area contributed by atoms with Crippen LogP contribution in [0.1, 0.15) is 45.0 Å². The molecule has 0 aromatic heterocycles. The molecule has 2 nitrogen and oxygen atoms in total. The summed E-state index contributed by atoms with van der Waals surface area (Å²) in [5, 5.41) is 0.682. The Morgan fingerprint density at radius 2 is 1.76 bits per heavy atom. The van der Waals surface area contributed by atoms with Gasteiger partial charge in [0.05, 0.1) is 5.56 Å². The molecule has 0 fully saturated rings. The van der Waals surface area contributed by atoms with Crippen LogP contribution in [-0.2, 0) is 0 Å². The molecule has 0 aliphatic rings. The van der Waals surface area contributed by atoms with Crippen LogP contribution in [-0.4, -0.2) is 29.6 Å². The summed E-state index contributed by atoms with van der Waals surface area (Å²) in [6, 6.07) is 5.56. The summed E-state index contributed by atoms with van der Waals surface area (Å²) in [5.41, 5.74) is 0.771. The van der Waals surface area contributed by atoms with Crippen LogP contribution in [0.15, 0.2) is 23.1 Å². The van der Waals surface area contributed by atoms with E-state index in [2.05, 4.69) is 34.6 Å². The van der Waals surface area contributed by atoms with Crippen molar-refractivity contribution >= 4 is 29.3 Å². The number of hydrogen-bond donors (Lipinski definition) is 0. The normalized spacial score (nSPS) is 11.2. The summed E-state index contributed by atoms with van der Waals surface area (Å²) in [6.07, 6.45) is 0. The monoisotopic (exact) mass is 327 g/mol. The van der Waals surface area contributed by atoms with E-state index in [1.165, 1.54) is 0 Å². The second-order valence-corrected chi connectivity index (χ2v) is 7.81. The van der Waals surface area contributed by atoms with E-state index in [4.69, 9.17) is 11.6 Å². The topological polar surface area (TPSA) is 20.3 Å². The van der Waals surface area contributed by atoms with Gasteiger partial charge in [0, 0.05) is 23.0 Å². The number of nitrogens with zero attached hydrogens (tertiary/aromatic N) is 1. The minimum atomic E-state index is 0.116. The van der Waals surface area contributed by atoms with E-state index >= 15 is 0 Å². The molecule has 1 aromatic carbocycles. The van der Waals surface area contributed by atoms with Gasteiger partial charge in [0.1, 0.15) is 0 Å². The molecule has 0 atom stereocenters. The van der Waals surface area contributed by atoms with Crippen LogP contribution in [0.25, 0.3) is 0 Å². The lowest BCUT2D eigenvalue weighted by molar-refractivity contribution is 0.0711. The Labute approximate surface area is 138 Å². The van der Waals surface area contributed by atoms with Crippen molar-refractivity contribution in [3.05, 3.63) is 28.8 Å². The van der Waals surface area contributed by atoms with Crippen molar-refractivity contribution in [1.82, 2.24) is 4.90 Å². The minimum absolute atomic E-state index is 0.116. The van der Waals surface area contributed by atoms with Gasteiger partial charge < -0.3 is 4.90 Å². The molecule has 1 aromatic rings. The third-order valence-corrected chi connectivity index (χ3v) is 4.10. The number of thioether (sulfide) groups is 1. The van der Waals surface area contributed by atoms with Crippen LogP contribution in [0, 0.1) is 11.8 Å². The van der Waals surface area contributed by atoms with Crippen molar-refractivity contribution in [2.75, 3.05) is 18.8 Å². The number of carbonyl (C=O) groups is 1. The second-order valence-electron chi connectivity index (χ2n) is 6.07. The maximum atomic E-state index is 12.9. The fourth-order valence-electron chi connectivity index (χ4n) is 2.24. The molecule has 0 bridgehead atoms. The molecule has 0 radical (unpaired) electrons. The number of hydrogen-bond acceptors (Lipinski definition) is 2. The molecule has 0 aliphatic heterocycles. The first-order valence-corrected chi connectivity index (χ1v) is 8.93. The van der Waals surface area contributed by atoms with Crippen LogP contribution in [0.2, 0.25) is 5.02 Å². The Hall–Kier alpha value is -0.670. The molecule has 0 saturated heterocycles. The molecule has 0 aliphatic carbocycles. The van der Waals surface area contributed by atoms with Crippen molar-refractivity contribution < 1.29 is 4.79 Å². The lowest BCUT2D eigenvalue weighted by Gasteiger charge is -2.27. The van der Waals surface area contributed by atoms with E-state index in [0.717, 1.165) is 29.3 Å². The van der Waals surface area contributed by atoms with Crippen molar-refractivity contribution in [3.8, 4) is 0 Å². The smallest absolute Gasteiger partial charge is 0.255 e. The van der Waals surface area contributed by atoms with Gasteiger partial charge in [-0.1, -0.05) is 46.2 Å². The first-order valence-electron chi connectivity index (χ1n) is 7.56. The highest BCUT2D eigenvalue weighted by atomic mass is 35.5. The highest BCUT2D eigenvalue weighted by Crippen LogP contribution is 2.27. The van der Waals surface area contributed by atoms with Gasteiger partial charge in [0.25, 0.3) is 5.91 Å². The van der Waals surface area contributed by atoms with Gasteiger partial charge in [-0.2, -0.15) is 0 Å². The van der Waals surface area contributed by atoms with E-state index in [1.54, 1.807) is 17.8 Å². The van der Waals surface area contributed by atoms with Crippen molar-refractivity contribution in [2.45, 2.75) is 39.5 Å². The van der Waals surface area contributed by atoms with Crippen LogP contribution in [0.3, 0.4) is 0 Å². The molecule has 0 heterocycles. The van der Waals surface area contributed by atoms with Crippen LogP contribution < -0.4 is 0 Å². The maximum Gasteiger partial charge on any atom is 0.255 e. The molecule has 0 spiro atoms. The van der Waals surface area contributed by atoms with Gasteiger partial charge >= 0.3 is 0 Å². The summed E-state index contributed by atoms with van der Waals surface area (Å²) in [6.45, 7) is 12.2. The molecule has 0 saturated carbocycles. The quantitative estimate of drug-likeness (QED) is 0.641. The number of rotatable bonds is 7. The van der Waals surface area contributed by atoms with Crippen LogP contribution in [0.5, 0.6) is 0 Å². The van der Waals surface area contributed by atoms with Gasteiger partial charge in [-0.05, 0) is 35.8 Å². The zero-order valence-electron chi connectivity index (χ0n) is 13.6. The molecule has 1 rings (SSSR count). The standard InChI is InChI=1S/C17H26ClNOS/c1-6-21-16-9-14(18)7-8-15(16)17(20)19(10-12(2)3)11-13(4)5/h7-9,12-13H,6,10-11H2,1-5H3. The highest BCUT2D eigenvalue weighted by Gasteiger charge is 2.20. The fourth-order valence-corrected chi connectivity index (χ4v) is 3.31. The lowest BCUT2D eigenvalue weighted by atomic mass is 10.1. The zero-order chi connectivity index (χ0) is 16.0. The maximum absolute atomic E-state index is 12.9. The second kappa shape index (κ2) is 8.70. The summed E-state index contributed by atoms with van der Waals surface area (Å²) in [5.74, 6) is 1.96. The third kappa shape index (κ3) is 5.91. The van der Waals surface area contributed by atoms with Gasteiger partial charge in [0.15, 0.2) is 0 Å². The Morgan fingerprint density at radius 1 is 1.19 bits per heavy atom. The summed E-state index contributed by atoms with van der Waals surface area (Å²) in [7, 11) is 0. The number of halogens is 1. The van der Waals surface area contributed by atoms with E-state index in [-0.39, 0.29) is 5.91 Å². The lowest BCUT2D eigenvalue weighted by Crippen LogP contribution is -2.37. The fraction of sp³-hybridized carbons (Fsp3) is 0.588. The third-order valence-electron chi connectivity index (χ3n) is 2.93. The summed E-state index contributed by atoms with van der Waals surface area (Å²) >= 11 is 7.73. The first kappa shape index (κ1) is 18.4. The van der Waals surface area contributed by atoms with Gasteiger partial charge in [0.2, 0.25) is 0 Å². The Kier molecular flexibility index (Phi) is 7.61. The number of amides is 1. The van der Waals surface area contributed by atoms with E-state index in [1.807, 2.05) is 17.0 Å². The largest absolute Gasteiger partial charge is 0.338 e. The number of benzene rings is 1. The van der Waals surface area contributed by atoms with Crippen LogP contribution >= 0.6 is 23.4 Å². The first-order chi connectivity index (χ1) is 9.85. The molecule has 0 N–H and O–H groups in total. The molecule has 1 amide bonds. The minimum Gasteiger partial charge on any atom is -0.338 e. The SMILES string of the molecule is CCSc1cc(Cl)ccc1C(=O)N(CC(C)C)CC(C)C. The average molecular weight is 328 g/mol. The predicted octanol–water partition coefficient (Wildman–Crippen LogP) is 5.21. The average Bonchev–Trinajstić information content (AvgIpc) is 2.36. The molecular formula is C17H26ClNOS. The molecule has 21 heavy (non-hydrogen) atoms. The molecule has 0 unspecified atom stereocenters.